The first-order valence-electron chi connectivity index (χ1n) is 5.17. The Morgan fingerprint density at radius 3 is 2.93 bits per heavy atom. The van der Waals surface area contributed by atoms with Crippen molar-refractivity contribution in [2.24, 2.45) is 5.92 Å². The molecule has 0 amide bonds. The number of aromatic amines is 1. The van der Waals surface area contributed by atoms with E-state index in [1.165, 1.54) is 12.8 Å². The maximum atomic E-state index is 10.8. The average Bonchev–Trinajstić information content (AvgIpc) is 3.00. The molecule has 3 heteroatoms. The lowest BCUT2D eigenvalue weighted by atomic mass is 10.2. The molecule has 1 saturated carbocycles. The molecule has 1 aliphatic rings. The lowest BCUT2D eigenvalue weighted by molar-refractivity contribution is 0.496. The van der Waals surface area contributed by atoms with Crippen molar-refractivity contribution in [3.8, 4) is 0 Å². The third-order valence-corrected chi connectivity index (χ3v) is 2.81. The van der Waals surface area contributed by atoms with Gasteiger partial charge in [0, 0.05) is 24.8 Å². The van der Waals surface area contributed by atoms with E-state index in [-0.39, 0.29) is 5.56 Å². The topological polar surface area (TPSA) is 44.9 Å². The predicted molar refractivity (Wildman–Crippen MR) is 56.1 cm³/mol. The monoisotopic (exact) mass is 192 g/mol. The van der Waals surface area contributed by atoms with Crippen molar-refractivity contribution in [1.82, 2.24) is 10.3 Å². The number of H-pyrrole nitrogens is 1. The fourth-order valence-electron chi connectivity index (χ4n) is 1.59. The van der Waals surface area contributed by atoms with Crippen LogP contribution in [0.25, 0.3) is 0 Å². The van der Waals surface area contributed by atoms with Gasteiger partial charge in [-0.1, -0.05) is 6.07 Å². The summed E-state index contributed by atoms with van der Waals surface area (Å²) in [6.07, 6.45) is 4.49. The van der Waals surface area contributed by atoms with Crippen LogP contribution in [0.4, 0.5) is 0 Å². The van der Waals surface area contributed by atoms with Crippen molar-refractivity contribution in [2.45, 2.75) is 32.4 Å². The summed E-state index contributed by atoms with van der Waals surface area (Å²) in [5.74, 6) is 0.873. The first-order chi connectivity index (χ1) is 6.75. The molecule has 2 rings (SSSR count). The molecule has 0 bridgehead atoms. The van der Waals surface area contributed by atoms with Crippen molar-refractivity contribution in [3.63, 3.8) is 0 Å². The fraction of sp³-hybridized carbons (Fsp3) is 0.545. The van der Waals surface area contributed by atoms with Gasteiger partial charge in [-0.15, -0.1) is 0 Å². The highest BCUT2D eigenvalue weighted by atomic mass is 16.1. The summed E-state index contributed by atoms with van der Waals surface area (Å²) in [7, 11) is 0. The molecule has 14 heavy (non-hydrogen) atoms. The molecule has 0 aliphatic heterocycles. The van der Waals surface area contributed by atoms with Crippen LogP contribution in [0.3, 0.4) is 0 Å². The molecular weight excluding hydrogens is 176 g/mol. The van der Waals surface area contributed by atoms with Gasteiger partial charge in [0.15, 0.2) is 0 Å². The minimum absolute atomic E-state index is 0.0380. The summed E-state index contributed by atoms with van der Waals surface area (Å²) in [5, 5.41) is 3.46. The van der Waals surface area contributed by atoms with E-state index in [1.807, 2.05) is 6.07 Å². The summed E-state index contributed by atoms with van der Waals surface area (Å²) in [4.78, 5) is 13.5. The van der Waals surface area contributed by atoms with Gasteiger partial charge < -0.3 is 10.3 Å². The Balaban J connectivity index is 1.84. The molecule has 1 fully saturated rings. The Labute approximate surface area is 83.5 Å². The molecule has 0 unspecified atom stereocenters. The smallest absolute Gasteiger partial charge is 0.247 e. The van der Waals surface area contributed by atoms with Crippen molar-refractivity contribution in [3.05, 3.63) is 34.2 Å². The lowest BCUT2D eigenvalue weighted by Crippen LogP contribution is -2.27. The molecule has 76 valence electrons. The van der Waals surface area contributed by atoms with Crippen molar-refractivity contribution < 1.29 is 0 Å². The SMILES string of the molecule is C[C@H](NCc1ccc(=O)[nH]c1)C1CC1. The third kappa shape index (κ3) is 2.45. The Morgan fingerprint density at radius 2 is 2.36 bits per heavy atom. The number of rotatable bonds is 4. The summed E-state index contributed by atoms with van der Waals surface area (Å²) >= 11 is 0. The van der Waals surface area contributed by atoms with Crippen LogP contribution in [0.2, 0.25) is 0 Å². The van der Waals surface area contributed by atoms with E-state index in [0.29, 0.717) is 6.04 Å². The summed E-state index contributed by atoms with van der Waals surface area (Å²) in [5.41, 5.74) is 1.10. The van der Waals surface area contributed by atoms with Crippen molar-refractivity contribution in [2.75, 3.05) is 0 Å². The zero-order valence-electron chi connectivity index (χ0n) is 8.42. The van der Waals surface area contributed by atoms with Crippen LogP contribution in [0.5, 0.6) is 0 Å². The highest BCUT2D eigenvalue weighted by Gasteiger charge is 2.27. The lowest BCUT2D eigenvalue weighted by Gasteiger charge is -2.11. The molecule has 3 nitrogen and oxygen atoms in total. The number of hydrogen-bond donors (Lipinski definition) is 2. The predicted octanol–water partition coefficient (Wildman–Crippen LogP) is 1.26. The standard InChI is InChI=1S/C11H16N2O/c1-8(10-3-4-10)12-6-9-2-5-11(14)13-7-9/h2,5,7-8,10,12H,3-4,6H2,1H3,(H,13,14)/t8-/m0/s1. The average molecular weight is 192 g/mol. The molecular formula is C11H16N2O. The first-order valence-corrected chi connectivity index (χ1v) is 5.17. The van der Waals surface area contributed by atoms with Crippen LogP contribution in [-0.4, -0.2) is 11.0 Å². The molecule has 1 aromatic heterocycles. The van der Waals surface area contributed by atoms with E-state index in [4.69, 9.17) is 0 Å². The number of aromatic nitrogens is 1. The van der Waals surface area contributed by atoms with Gasteiger partial charge >= 0.3 is 0 Å². The number of nitrogens with one attached hydrogen (secondary N) is 2. The Kier molecular flexibility index (Phi) is 2.68. The number of pyridine rings is 1. The van der Waals surface area contributed by atoms with Crippen LogP contribution in [0.15, 0.2) is 23.1 Å². The van der Waals surface area contributed by atoms with Gasteiger partial charge in [-0.2, -0.15) is 0 Å². The normalized spacial score (nSPS) is 18.1. The van der Waals surface area contributed by atoms with E-state index >= 15 is 0 Å². The van der Waals surface area contributed by atoms with Crippen molar-refractivity contribution >= 4 is 0 Å². The second-order valence-corrected chi connectivity index (χ2v) is 4.07. The van der Waals surface area contributed by atoms with Crippen LogP contribution in [0.1, 0.15) is 25.3 Å². The summed E-state index contributed by atoms with van der Waals surface area (Å²) < 4.78 is 0. The van der Waals surface area contributed by atoms with Crippen LogP contribution in [0, 0.1) is 5.92 Å². The van der Waals surface area contributed by atoms with E-state index in [9.17, 15) is 4.79 Å². The maximum Gasteiger partial charge on any atom is 0.247 e. The highest BCUT2D eigenvalue weighted by Crippen LogP contribution is 2.32. The second kappa shape index (κ2) is 3.96. The number of hydrogen-bond acceptors (Lipinski definition) is 2. The van der Waals surface area contributed by atoms with Gasteiger partial charge in [0.1, 0.15) is 0 Å². The zero-order chi connectivity index (χ0) is 9.97. The van der Waals surface area contributed by atoms with Gasteiger partial charge in [0.2, 0.25) is 5.56 Å². The van der Waals surface area contributed by atoms with E-state index < -0.39 is 0 Å². The summed E-state index contributed by atoms with van der Waals surface area (Å²) in [6.45, 7) is 3.07. The van der Waals surface area contributed by atoms with E-state index in [0.717, 1.165) is 18.0 Å². The zero-order valence-corrected chi connectivity index (χ0v) is 8.42. The van der Waals surface area contributed by atoms with Gasteiger partial charge in [-0.3, -0.25) is 4.79 Å². The molecule has 1 aromatic rings. The minimum atomic E-state index is -0.0380. The molecule has 1 heterocycles. The van der Waals surface area contributed by atoms with Crippen LogP contribution in [-0.2, 0) is 6.54 Å². The van der Waals surface area contributed by atoms with Gasteiger partial charge in [-0.05, 0) is 31.2 Å². The van der Waals surface area contributed by atoms with E-state index in [2.05, 4.69) is 17.2 Å². The second-order valence-electron chi connectivity index (χ2n) is 4.07. The Bertz CT molecular complexity index is 334. The minimum Gasteiger partial charge on any atom is -0.329 e. The Morgan fingerprint density at radius 1 is 1.57 bits per heavy atom. The third-order valence-electron chi connectivity index (χ3n) is 2.81. The van der Waals surface area contributed by atoms with Gasteiger partial charge in [-0.25, -0.2) is 0 Å². The maximum absolute atomic E-state index is 10.8. The molecule has 0 saturated heterocycles. The Hall–Kier alpha value is -1.09. The highest BCUT2D eigenvalue weighted by molar-refractivity contribution is 5.08. The quantitative estimate of drug-likeness (QED) is 0.754. The molecule has 1 atom stereocenters. The van der Waals surface area contributed by atoms with Gasteiger partial charge in [0.05, 0.1) is 0 Å². The van der Waals surface area contributed by atoms with Crippen LogP contribution >= 0.6 is 0 Å². The largest absolute Gasteiger partial charge is 0.329 e. The van der Waals surface area contributed by atoms with E-state index in [1.54, 1.807) is 12.3 Å². The molecule has 2 N–H and O–H groups in total. The van der Waals surface area contributed by atoms with Crippen LogP contribution < -0.4 is 10.9 Å². The molecule has 0 spiro atoms. The van der Waals surface area contributed by atoms with Gasteiger partial charge in [0.25, 0.3) is 0 Å². The fourth-order valence-corrected chi connectivity index (χ4v) is 1.59. The first kappa shape index (κ1) is 9.46. The van der Waals surface area contributed by atoms with Crippen molar-refractivity contribution in [1.29, 1.82) is 0 Å². The molecule has 0 radical (unpaired) electrons. The molecule has 1 aliphatic carbocycles. The molecule has 0 aromatic carbocycles. The summed E-state index contributed by atoms with van der Waals surface area (Å²) in [6, 6.07) is 4.03.